The average Bonchev–Trinajstić information content (AvgIpc) is 3.29. The van der Waals surface area contributed by atoms with Gasteiger partial charge in [0.05, 0.1) is 11.4 Å². The fourth-order valence-electron chi connectivity index (χ4n) is 8.81. The number of nitrogens with zero attached hydrogens (tertiary/aromatic N) is 2. The number of benzene rings is 7. The van der Waals surface area contributed by atoms with Gasteiger partial charge in [-0.3, -0.25) is 9.97 Å². The maximum Gasteiger partial charge on any atom is 0.0702 e. The number of allylic oxidation sites excluding steroid dienone is 4. The summed E-state index contributed by atoms with van der Waals surface area (Å²) in [4.78, 5) is 9.43. The molecule has 9 aromatic rings. The van der Waals surface area contributed by atoms with Gasteiger partial charge in [0.1, 0.15) is 0 Å². The maximum atomic E-state index is 4.73. The quantitative estimate of drug-likeness (QED) is 0.153. The predicted octanol–water partition coefficient (Wildman–Crippen LogP) is 14.4. The first kappa shape index (κ1) is 34.3. The zero-order valence-corrected chi connectivity index (χ0v) is 31.8. The highest BCUT2D eigenvalue weighted by Gasteiger charge is 2.27. The predicted molar refractivity (Wildman–Crippen MR) is 240 cm³/mol. The SMILES string of the molecule is CC1C(c2ccc3c(-c4cccc(-c5ccccn5)c4)c4ccccc4c(-c4cccc(-c5ccccn5)c4)c3c2)=CC(c2ccccc2)=CC1c1ccccc1. The van der Waals surface area contributed by atoms with Crippen LogP contribution in [0.4, 0.5) is 0 Å². The molecular weight excluding hydrogens is 689 g/mol. The molecule has 270 valence electrons. The molecule has 0 aliphatic heterocycles. The molecule has 0 saturated carbocycles. The standard InChI is InChI=1S/C55H40N2/c1-37-49(39-18-6-3-7-19-39)35-45(38-16-4-2-5-17-38)36-50(37)40-28-29-48-51(34-40)55(44-23-15-21-42(33-44)53-27-11-13-31-57-53)47-25-9-8-24-46(47)54(48)43-22-14-20-41(32-43)52-26-10-12-30-56-52/h2-37,49H,1H3. The van der Waals surface area contributed by atoms with Crippen molar-refractivity contribution in [1.29, 1.82) is 0 Å². The fraction of sp³-hybridized carbons (Fsp3) is 0.0545. The molecule has 0 amide bonds. The van der Waals surface area contributed by atoms with Gasteiger partial charge in [-0.05, 0) is 120 Å². The Morgan fingerprint density at radius 3 is 1.49 bits per heavy atom. The Morgan fingerprint density at radius 1 is 0.386 bits per heavy atom. The van der Waals surface area contributed by atoms with E-state index in [2.05, 4.69) is 195 Å². The van der Waals surface area contributed by atoms with Crippen molar-refractivity contribution >= 4 is 32.7 Å². The molecule has 0 radical (unpaired) electrons. The van der Waals surface area contributed by atoms with E-state index in [0.29, 0.717) is 0 Å². The Balaban J connectivity index is 1.24. The van der Waals surface area contributed by atoms with E-state index < -0.39 is 0 Å². The van der Waals surface area contributed by atoms with Crippen molar-refractivity contribution in [2.24, 2.45) is 5.92 Å². The Bertz CT molecular complexity index is 2950. The van der Waals surface area contributed by atoms with Crippen LogP contribution in [0.3, 0.4) is 0 Å². The molecular formula is C55H40N2. The van der Waals surface area contributed by atoms with E-state index >= 15 is 0 Å². The van der Waals surface area contributed by atoms with Crippen LogP contribution in [-0.4, -0.2) is 9.97 Å². The Morgan fingerprint density at radius 2 is 0.895 bits per heavy atom. The van der Waals surface area contributed by atoms with Crippen LogP contribution < -0.4 is 0 Å². The number of hydrogen-bond acceptors (Lipinski definition) is 2. The van der Waals surface area contributed by atoms with Crippen molar-refractivity contribution in [2.45, 2.75) is 12.8 Å². The molecule has 2 heterocycles. The van der Waals surface area contributed by atoms with Gasteiger partial charge in [-0.2, -0.15) is 0 Å². The number of rotatable bonds is 7. The Kier molecular flexibility index (Phi) is 8.93. The summed E-state index contributed by atoms with van der Waals surface area (Å²) in [6.45, 7) is 2.39. The third-order valence-corrected chi connectivity index (χ3v) is 11.6. The lowest BCUT2D eigenvalue weighted by atomic mass is 9.73. The minimum absolute atomic E-state index is 0.230. The fourth-order valence-corrected chi connectivity index (χ4v) is 8.81. The molecule has 2 atom stereocenters. The lowest BCUT2D eigenvalue weighted by Crippen LogP contribution is -2.14. The van der Waals surface area contributed by atoms with Gasteiger partial charge in [0, 0.05) is 29.4 Å². The molecule has 0 fully saturated rings. The molecule has 2 heteroatoms. The largest absolute Gasteiger partial charge is 0.256 e. The van der Waals surface area contributed by atoms with Crippen LogP contribution in [0.5, 0.6) is 0 Å². The minimum Gasteiger partial charge on any atom is -0.256 e. The first-order valence-corrected chi connectivity index (χ1v) is 19.8. The molecule has 0 saturated heterocycles. The monoisotopic (exact) mass is 728 g/mol. The molecule has 2 aromatic heterocycles. The van der Waals surface area contributed by atoms with Crippen molar-refractivity contribution in [2.75, 3.05) is 0 Å². The molecule has 2 unspecified atom stereocenters. The van der Waals surface area contributed by atoms with E-state index in [1.165, 1.54) is 71.6 Å². The average molecular weight is 729 g/mol. The second-order valence-electron chi connectivity index (χ2n) is 15.0. The third-order valence-electron chi connectivity index (χ3n) is 11.6. The summed E-state index contributed by atoms with van der Waals surface area (Å²) in [7, 11) is 0. The van der Waals surface area contributed by atoms with E-state index in [1.54, 1.807) is 0 Å². The molecule has 57 heavy (non-hydrogen) atoms. The zero-order chi connectivity index (χ0) is 38.1. The number of fused-ring (bicyclic) bond motifs is 2. The van der Waals surface area contributed by atoms with Crippen molar-refractivity contribution in [3.63, 3.8) is 0 Å². The molecule has 0 N–H and O–H groups in total. The van der Waals surface area contributed by atoms with Crippen LogP contribution in [0.1, 0.15) is 29.5 Å². The first-order chi connectivity index (χ1) is 28.2. The van der Waals surface area contributed by atoms with Gasteiger partial charge in [0.2, 0.25) is 0 Å². The summed E-state index contributed by atoms with van der Waals surface area (Å²) >= 11 is 0. The molecule has 7 aromatic carbocycles. The Hall–Kier alpha value is -7.16. The molecule has 1 aliphatic rings. The van der Waals surface area contributed by atoms with Crippen LogP contribution in [-0.2, 0) is 0 Å². The summed E-state index contributed by atoms with van der Waals surface area (Å²) in [6, 6.07) is 67.9. The van der Waals surface area contributed by atoms with Gasteiger partial charge in [-0.25, -0.2) is 0 Å². The first-order valence-electron chi connectivity index (χ1n) is 19.8. The van der Waals surface area contributed by atoms with Gasteiger partial charge < -0.3 is 0 Å². The van der Waals surface area contributed by atoms with Gasteiger partial charge in [0.25, 0.3) is 0 Å². The third kappa shape index (κ3) is 6.46. The van der Waals surface area contributed by atoms with Gasteiger partial charge in [-0.15, -0.1) is 0 Å². The van der Waals surface area contributed by atoms with E-state index in [0.717, 1.165) is 22.5 Å². The highest BCUT2D eigenvalue weighted by molar-refractivity contribution is 6.22. The van der Waals surface area contributed by atoms with E-state index in [1.807, 2.05) is 24.5 Å². The summed E-state index contributed by atoms with van der Waals surface area (Å²) in [5, 5.41) is 4.88. The summed E-state index contributed by atoms with van der Waals surface area (Å²) in [5.41, 5.74) is 15.3. The molecule has 0 bridgehead atoms. The van der Waals surface area contributed by atoms with Gasteiger partial charge in [-0.1, -0.05) is 165 Å². The smallest absolute Gasteiger partial charge is 0.0702 e. The van der Waals surface area contributed by atoms with E-state index in [4.69, 9.17) is 9.97 Å². The van der Waals surface area contributed by atoms with E-state index in [-0.39, 0.29) is 11.8 Å². The molecule has 2 nitrogen and oxygen atoms in total. The maximum absolute atomic E-state index is 4.73. The van der Waals surface area contributed by atoms with Crippen LogP contribution in [0.2, 0.25) is 0 Å². The number of hydrogen-bond donors (Lipinski definition) is 0. The second-order valence-corrected chi connectivity index (χ2v) is 15.0. The van der Waals surface area contributed by atoms with Crippen molar-refractivity contribution in [3.05, 3.63) is 229 Å². The summed E-state index contributed by atoms with van der Waals surface area (Å²) in [6.07, 6.45) is 8.63. The summed E-state index contributed by atoms with van der Waals surface area (Å²) < 4.78 is 0. The normalized spacial score (nSPS) is 15.3. The van der Waals surface area contributed by atoms with Crippen LogP contribution in [0.15, 0.2) is 213 Å². The van der Waals surface area contributed by atoms with E-state index in [9.17, 15) is 0 Å². The highest BCUT2D eigenvalue weighted by atomic mass is 14.7. The molecule has 0 spiro atoms. The lowest BCUT2D eigenvalue weighted by Gasteiger charge is -2.30. The van der Waals surface area contributed by atoms with Gasteiger partial charge >= 0.3 is 0 Å². The lowest BCUT2D eigenvalue weighted by molar-refractivity contribution is 0.655. The minimum atomic E-state index is 0.230. The summed E-state index contributed by atoms with van der Waals surface area (Å²) in [5.74, 6) is 0.483. The molecule has 1 aliphatic carbocycles. The molecule has 10 rings (SSSR count). The van der Waals surface area contributed by atoms with Gasteiger partial charge in [0.15, 0.2) is 0 Å². The highest BCUT2D eigenvalue weighted by Crippen LogP contribution is 2.48. The van der Waals surface area contributed by atoms with Crippen LogP contribution in [0, 0.1) is 5.92 Å². The van der Waals surface area contributed by atoms with Crippen LogP contribution >= 0.6 is 0 Å². The van der Waals surface area contributed by atoms with Crippen molar-refractivity contribution in [1.82, 2.24) is 9.97 Å². The number of aromatic nitrogens is 2. The topological polar surface area (TPSA) is 25.8 Å². The van der Waals surface area contributed by atoms with Crippen molar-refractivity contribution < 1.29 is 0 Å². The second kappa shape index (κ2) is 14.8. The van der Waals surface area contributed by atoms with Crippen molar-refractivity contribution in [3.8, 4) is 44.8 Å². The Labute approximate surface area is 334 Å². The zero-order valence-electron chi connectivity index (χ0n) is 31.8. The van der Waals surface area contributed by atoms with Crippen LogP contribution in [0.25, 0.3) is 77.5 Å². The number of pyridine rings is 2.